The topological polar surface area (TPSA) is 20.2 Å². The standard InChI is InChI=1S/C35H58O/c1-29(2)15-9-16-30(3)17-10-18-31(4)19-11-20-32(5)21-12-22-33(6)23-13-24-34(7)25-14-26-35(8)27-28-36/h15,17,19,21,23,25,27,36H,9-14,16,18,20,22,24,26,28H2,1-8H3/b30-17+,31-19+,32-21+,33-23+,34-25+,35-27+. The molecule has 0 aromatic carbocycles. The van der Waals surface area contributed by atoms with E-state index in [-0.39, 0.29) is 6.61 Å². The fourth-order valence-corrected chi connectivity index (χ4v) is 4.09. The Kier molecular flexibility index (Phi) is 21.2. The van der Waals surface area contributed by atoms with Gasteiger partial charge in [0.05, 0.1) is 6.61 Å². The third kappa shape index (κ3) is 22.6. The molecule has 0 aromatic heterocycles. The van der Waals surface area contributed by atoms with Crippen LogP contribution in [0.2, 0.25) is 0 Å². The van der Waals surface area contributed by atoms with Crippen LogP contribution < -0.4 is 0 Å². The molecule has 0 aromatic rings. The van der Waals surface area contributed by atoms with Gasteiger partial charge in [0.15, 0.2) is 0 Å². The van der Waals surface area contributed by atoms with Crippen LogP contribution in [0.1, 0.15) is 132 Å². The Labute approximate surface area is 225 Å². The Hall–Kier alpha value is -1.86. The molecule has 1 N–H and O–H groups in total. The molecule has 0 fully saturated rings. The molecule has 0 rings (SSSR count). The zero-order valence-electron chi connectivity index (χ0n) is 25.2. The van der Waals surface area contributed by atoms with Crippen LogP contribution in [-0.4, -0.2) is 11.7 Å². The molecule has 0 aliphatic carbocycles. The van der Waals surface area contributed by atoms with Crippen LogP contribution in [0.4, 0.5) is 0 Å². The molecule has 1 nitrogen and oxygen atoms in total. The van der Waals surface area contributed by atoms with Gasteiger partial charge in [-0.1, -0.05) is 81.5 Å². The zero-order chi connectivity index (χ0) is 27.2. The Balaban J connectivity index is 4.14. The van der Waals surface area contributed by atoms with E-state index < -0.39 is 0 Å². The molecule has 0 unspecified atom stereocenters. The third-order valence-corrected chi connectivity index (χ3v) is 6.69. The van der Waals surface area contributed by atoms with Gasteiger partial charge in [0.25, 0.3) is 0 Å². The van der Waals surface area contributed by atoms with Crippen molar-refractivity contribution < 1.29 is 5.11 Å². The van der Waals surface area contributed by atoms with Crippen molar-refractivity contribution in [3.8, 4) is 0 Å². The highest BCUT2D eigenvalue weighted by Gasteiger charge is 1.96. The lowest BCUT2D eigenvalue weighted by atomic mass is 10.0. The van der Waals surface area contributed by atoms with E-state index in [1.54, 1.807) is 0 Å². The molecule has 0 bridgehead atoms. The van der Waals surface area contributed by atoms with Crippen LogP contribution in [0.15, 0.2) is 81.5 Å². The molecule has 204 valence electrons. The molecule has 0 heterocycles. The van der Waals surface area contributed by atoms with Crippen molar-refractivity contribution in [3.63, 3.8) is 0 Å². The number of hydrogen-bond acceptors (Lipinski definition) is 1. The molecule has 0 amide bonds. The number of rotatable bonds is 19. The Morgan fingerprint density at radius 3 is 0.806 bits per heavy atom. The highest BCUT2D eigenvalue weighted by molar-refractivity contribution is 5.09. The van der Waals surface area contributed by atoms with Crippen molar-refractivity contribution in [2.45, 2.75) is 132 Å². The van der Waals surface area contributed by atoms with Gasteiger partial charge in [-0.25, -0.2) is 0 Å². The van der Waals surface area contributed by atoms with Crippen LogP contribution >= 0.6 is 0 Å². The lowest BCUT2D eigenvalue weighted by Crippen LogP contribution is -1.84. The summed E-state index contributed by atoms with van der Waals surface area (Å²) in [6.45, 7) is 17.9. The van der Waals surface area contributed by atoms with Gasteiger partial charge in [0.1, 0.15) is 0 Å². The molecule has 0 saturated heterocycles. The van der Waals surface area contributed by atoms with Gasteiger partial charge in [-0.15, -0.1) is 0 Å². The predicted octanol–water partition coefficient (Wildman–Crippen LogP) is 11.3. The molecule has 0 saturated carbocycles. The number of aliphatic hydroxyl groups excluding tert-OH is 1. The normalized spacial score (nSPS) is 14.5. The van der Waals surface area contributed by atoms with E-state index in [1.807, 2.05) is 6.08 Å². The highest BCUT2D eigenvalue weighted by Crippen LogP contribution is 2.16. The van der Waals surface area contributed by atoms with Crippen LogP contribution in [-0.2, 0) is 0 Å². The average molecular weight is 495 g/mol. The maximum Gasteiger partial charge on any atom is 0.0614 e. The van der Waals surface area contributed by atoms with Crippen molar-refractivity contribution >= 4 is 0 Å². The molecule has 1 heteroatoms. The largest absolute Gasteiger partial charge is 0.392 e. The van der Waals surface area contributed by atoms with Crippen molar-refractivity contribution in [2.75, 3.05) is 6.61 Å². The Bertz CT molecular complexity index is 804. The monoisotopic (exact) mass is 494 g/mol. The molecule has 0 aliphatic rings. The SMILES string of the molecule is CC(C)=CCC/C(C)=C/CC/C(C)=C/CC/C(C)=C/CC/C(C)=C/CC/C(C)=C/CC/C(C)=C/CO. The van der Waals surface area contributed by atoms with E-state index in [1.165, 1.54) is 77.5 Å². The molecule has 0 radical (unpaired) electrons. The van der Waals surface area contributed by atoms with E-state index in [0.29, 0.717) is 0 Å². The first-order valence-corrected chi connectivity index (χ1v) is 14.3. The van der Waals surface area contributed by atoms with Crippen molar-refractivity contribution in [3.05, 3.63) is 81.5 Å². The summed E-state index contributed by atoms with van der Waals surface area (Å²) in [5.41, 5.74) is 10.2. The van der Waals surface area contributed by atoms with Crippen LogP contribution in [0.5, 0.6) is 0 Å². The fraction of sp³-hybridized carbons (Fsp3) is 0.600. The van der Waals surface area contributed by atoms with Gasteiger partial charge in [-0.3, -0.25) is 0 Å². The lowest BCUT2D eigenvalue weighted by molar-refractivity contribution is 0.341. The van der Waals surface area contributed by atoms with Gasteiger partial charge >= 0.3 is 0 Å². The zero-order valence-corrected chi connectivity index (χ0v) is 25.2. The molecule has 0 spiro atoms. The van der Waals surface area contributed by atoms with E-state index in [0.717, 1.165) is 38.5 Å². The van der Waals surface area contributed by atoms with E-state index in [4.69, 9.17) is 5.11 Å². The maximum atomic E-state index is 8.93. The predicted molar refractivity (Wildman–Crippen MR) is 164 cm³/mol. The first-order chi connectivity index (χ1) is 17.1. The Morgan fingerprint density at radius 1 is 0.361 bits per heavy atom. The smallest absolute Gasteiger partial charge is 0.0614 e. The highest BCUT2D eigenvalue weighted by atomic mass is 16.2. The quantitative estimate of drug-likeness (QED) is 0.177. The van der Waals surface area contributed by atoms with Gasteiger partial charge in [0.2, 0.25) is 0 Å². The van der Waals surface area contributed by atoms with E-state index in [9.17, 15) is 0 Å². The summed E-state index contributed by atoms with van der Waals surface area (Å²) in [6, 6.07) is 0. The molecular weight excluding hydrogens is 436 g/mol. The number of hydrogen-bond donors (Lipinski definition) is 1. The lowest BCUT2D eigenvalue weighted by Gasteiger charge is -2.04. The van der Waals surface area contributed by atoms with Crippen LogP contribution in [0.3, 0.4) is 0 Å². The van der Waals surface area contributed by atoms with Crippen LogP contribution in [0, 0.1) is 0 Å². The summed E-state index contributed by atoms with van der Waals surface area (Å²) >= 11 is 0. The summed E-state index contributed by atoms with van der Waals surface area (Å²) in [7, 11) is 0. The number of allylic oxidation sites excluding steroid dienone is 13. The van der Waals surface area contributed by atoms with Gasteiger partial charge in [-0.05, 0) is 132 Å². The minimum atomic E-state index is 0.152. The van der Waals surface area contributed by atoms with E-state index >= 15 is 0 Å². The fourth-order valence-electron chi connectivity index (χ4n) is 4.09. The van der Waals surface area contributed by atoms with Crippen molar-refractivity contribution in [1.82, 2.24) is 0 Å². The third-order valence-electron chi connectivity index (χ3n) is 6.69. The van der Waals surface area contributed by atoms with Crippen LogP contribution in [0.25, 0.3) is 0 Å². The molecular formula is C35H58O. The van der Waals surface area contributed by atoms with Gasteiger partial charge < -0.3 is 5.11 Å². The summed E-state index contributed by atoms with van der Waals surface area (Å²) in [4.78, 5) is 0. The minimum absolute atomic E-state index is 0.152. The molecule has 0 aliphatic heterocycles. The second-order valence-corrected chi connectivity index (χ2v) is 11.0. The molecule has 36 heavy (non-hydrogen) atoms. The second kappa shape index (κ2) is 22.3. The van der Waals surface area contributed by atoms with Crippen molar-refractivity contribution in [2.24, 2.45) is 0 Å². The van der Waals surface area contributed by atoms with Gasteiger partial charge in [0, 0.05) is 0 Å². The summed E-state index contributed by atoms with van der Waals surface area (Å²) < 4.78 is 0. The molecule has 0 atom stereocenters. The first kappa shape index (κ1) is 34.1. The maximum absolute atomic E-state index is 8.93. The first-order valence-electron chi connectivity index (χ1n) is 14.3. The van der Waals surface area contributed by atoms with Gasteiger partial charge in [-0.2, -0.15) is 0 Å². The summed E-state index contributed by atoms with van der Waals surface area (Å²) in [5, 5.41) is 8.93. The Morgan fingerprint density at radius 2 is 0.583 bits per heavy atom. The number of aliphatic hydroxyl groups is 1. The van der Waals surface area contributed by atoms with Crippen molar-refractivity contribution in [1.29, 1.82) is 0 Å². The van der Waals surface area contributed by atoms with E-state index in [2.05, 4.69) is 91.8 Å². The summed E-state index contributed by atoms with van der Waals surface area (Å²) in [6.07, 6.45) is 30.1. The average Bonchev–Trinajstić information content (AvgIpc) is 2.79. The summed E-state index contributed by atoms with van der Waals surface area (Å²) in [5.74, 6) is 0. The minimum Gasteiger partial charge on any atom is -0.392 e. The second-order valence-electron chi connectivity index (χ2n) is 11.0.